The number of benzene rings is 5. The molecule has 37 heavy (non-hydrogen) atoms. The molecule has 1 atom stereocenters. The van der Waals surface area contributed by atoms with Crippen molar-refractivity contribution in [1.82, 2.24) is 0 Å². The van der Waals surface area contributed by atoms with Crippen molar-refractivity contribution in [3.05, 3.63) is 149 Å². The first-order chi connectivity index (χ1) is 18.3. The van der Waals surface area contributed by atoms with Gasteiger partial charge in [-0.1, -0.05) is 78.9 Å². The zero-order valence-corrected chi connectivity index (χ0v) is 20.0. The Morgan fingerprint density at radius 1 is 0.649 bits per heavy atom. The van der Waals surface area contributed by atoms with E-state index in [-0.39, 0.29) is 0 Å². The molecule has 1 unspecified atom stereocenters. The van der Waals surface area contributed by atoms with Crippen LogP contribution in [0.3, 0.4) is 0 Å². The molecule has 0 saturated heterocycles. The fourth-order valence-electron chi connectivity index (χ4n) is 6.45. The molecule has 4 heteroatoms. The molecule has 0 fully saturated rings. The van der Waals surface area contributed by atoms with Crippen LogP contribution in [0.4, 0.5) is 17.1 Å². The van der Waals surface area contributed by atoms with E-state index in [1.165, 1.54) is 11.1 Å². The lowest BCUT2D eigenvalue weighted by atomic mass is 9.61. The summed E-state index contributed by atoms with van der Waals surface area (Å²) >= 11 is 0. The molecule has 5 aromatic rings. The first-order valence-electron chi connectivity index (χ1n) is 12.6. The summed E-state index contributed by atoms with van der Waals surface area (Å²) < 4.78 is 12.0. The summed E-state index contributed by atoms with van der Waals surface area (Å²) in [5, 5.41) is 10.2. The normalized spacial score (nSPS) is 17.8. The number of rotatable bonds is 1. The van der Waals surface area contributed by atoms with Crippen molar-refractivity contribution >= 4 is 17.1 Å². The highest BCUT2D eigenvalue weighted by Gasteiger charge is 2.50. The lowest BCUT2D eigenvalue weighted by Crippen LogP contribution is -2.39. The Kier molecular flexibility index (Phi) is 4.25. The van der Waals surface area contributed by atoms with Crippen molar-refractivity contribution in [2.75, 3.05) is 4.90 Å². The Bertz CT molecular complexity index is 1610. The second-order valence-corrected chi connectivity index (χ2v) is 9.76. The number of ether oxygens (including phenoxy) is 2. The quantitative estimate of drug-likeness (QED) is 0.264. The van der Waals surface area contributed by atoms with E-state index in [2.05, 4.69) is 102 Å². The summed E-state index contributed by atoms with van der Waals surface area (Å²) in [6, 6.07) is 40.3. The standard InChI is InChI=1S/C33H23NO3/c35-32-23-18-17-22(19-21(23)20-36-32)34-28-13-5-1-9-24(28)33(25-10-2-6-14-29(25)34)26-11-3-7-15-30(26)37-31-16-8-4-12-27(31)33/h1-19,32,35H,20H2. The molecular formula is C33H23NO3. The number of aliphatic hydroxyl groups is 1. The summed E-state index contributed by atoms with van der Waals surface area (Å²) in [7, 11) is 0. The predicted molar refractivity (Wildman–Crippen MR) is 143 cm³/mol. The van der Waals surface area contributed by atoms with E-state index in [9.17, 15) is 5.11 Å². The Balaban J connectivity index is 1.48. The van der Waals surface area contributed by atoms with E-state index in [1.54, 1.807) is 0 Å². The third kappa shape index (κ3) is 2.69. The van der Waals surface area contributed by atoms with Crippen molar-refractivity contribution in [2.45, 2.75) is 18.3 Å². The Hall–Kier alpha value is -4.38. The zero-order valence-electron chi connectivity index (χ0n) is 20.0. The van der Waals surface area contributed by atoms with Gasteiger partial charge in [0.1, 0.15) is 11.5 Å². The van der Waals surface area contributed by atoms with Gasteiger partial charge in [0, 0.05) is 22.4 Å². The van der Waals surface area contributed by atoms with Gasteiger partial charge in [0.15, 0.2) is 6.29 Å². The molecule has 0 amide bonds. The molecule has 8 rings (SSSR count). The molecule has 0 aliphatic carbocycles. The third-order valence-corrected chi connectivity index (χ3v) is 7.95. The summed E-state index contributed by atoms with van der Waals surface area (Å²) in [5.41, 5.74) is 9.28. The maximum Gasteiger partial charge on any atom is 0.181 e. The van der Waals surface area contributed by atoms with E-state index in [0.717, 1.165) is 50.8 Å². The first-order valence-corrected chi connectivity index (χ1v) is 12.6. The number of para-hydroxylation sites is 4. The topological polar surface area (TPSA) is 41.9 Å². The molecule has 0 bridgehead atoms. The van der Waals surface area contributed by atoms with Crippen LogP contribution in [0, 0.1) is 0 Å². The summed E-state index contributed by atoms with van der Waals surface area (Å²) in [4.78, 5) is 2.33. The van der Waals surface area contributed by atoms with E-state index in [0.29, 0.717) is 6.61 Å². The lowest BCUT2D eigenvalue weighted by molar-refractivity contribution is -0.0918. The Labute approximate surface area is 215 Å². The van der Waals surface area contributed by atoms with E-state index in [1.807, 2.05) is 18.2 Å². The van der Waals surface area contributed by atoms with Gasteiger partial charge in [-0.15, -0.1) is 0 Å². The largest absolute Gasteiger partial charge is 0.457 e. The molecule has 0 radical (unpaired) electrons. The highest BCUT2D eigenvalue weighted by molar-refractivity contribution is 5.91. The van der Waals surface area contributed by atoms with E-state index in [4.69, 9.17) is 9.47 Å². The van der Waals surface area contributed by atoms with Gasteiger partial charge >= 0.3 is 0 Å². The van der Waals surface area contributed by atoms with Gasteiger partial charge in [-0.3, -0.25) is 0 Å². The number of hydrogen-bond acceptors (Lipinski definition) is 4. The maximum atomic E-state index is 10.2. The molecular weight excluding hydrogens is 458 g/mol. The molecule has 0 aromatic heterocycles. The van der Waals surface area contributed by atoms with Crippen molar-refractivity contribution < 1.29 is 14.6 Å². The minimum Gasteiger partial charge on any atom is -0.457 e. The SMILES string of the molecule is OC1OCc2cc(N3c4ccccc4C4(c5ccccc5Oc5ccccc54)c4ccccc43)ccc21. The van der Waals surface area contributed by atoms with Crippen LogP contribution >= 0.6 is 0 Å². The molecule has 0 saturated carbocycles. The maximum absolute atomic E-state index is 10.2. The summed E-state index contributed by atoms with van der Waals surface area (Å²) in [6.45, 7) is 0.406. The minimum atomic E-state index is -0.858. The van der Waals surface area contributed by atoms with Crippen LogP contribution in [0.25, 0.3) is 0 Å². The van der Waals surface area contributed by atoms with Gasteiger partial charge < -0.3 is 19.5 Å². The average Bonchev–Trinajstić information content (AvgIpc) is 3.33. The van der Waals surface area contributed by atoms with Gasteiger partial charge in [-0.05, 0) is 53.1 Å². The lowest BCUT2D eigenvalue weighted by Gasteiger charge is -2.48. The number of anilines is 3. The van der Waals surface area contributed by atoms with Crippen molar-refractivity contribution in [2.24, 2.45) is 0 Å². The van der Waals surface area contributed by atoms with Gasteiger partial charge in [-0.2, -0.15) is 0 Å². The highest BCUT2D eigenvalue weighted by Crippen LogP contribution is 2.62. The first kappa shape index (κ1) is 20.8. The molecule has 1 spiro atoms. The molecule has 5 aromatic carbocycles. The zero-order chi connectivity index (χ0) is 24.6. The van der Waals surface area contributed by atoms with Crippen LogP contribution in [0.15, 0.2) is 115 Å². The monoisotopic (exact) mass is 481 g/mol. The number of nitrogens with zero attached hydrogens (tertiary/aromatic N) is 1. The second-order valence-electron chi connectivity index (χ2n) is 9.76. The van der Waals surface area contributed by atoms with Crippen LogP contribution < -0.4 is 9.64 Å². The number of hydrogen-bond donors (Lipinski definition) is 1. The molecule has 178 valence electrons. The average molecular weight is 482 g/mol. The third-order valence-electron chi connectivity index (χ3n) is 7.95. The summed E-state index contributed by atoms with van der Waals surface area (Å²) in [6.07, 6.45) is -0.858. The van der Waals surface area contributed by atoms with Crippen LogP contribution in [0.1, 0.15) is 39.7 Å². The van der Waals surface area contributed by atoms with E-state index < -0.39 is 11.7 Å². The van der Waals surface area contributed by atoms with Gasteiger partial charge in [-0.25, -0.2) is 0 Å². The summed E-state index contributed by atoms with van der Waals surface area (Å²) in [5.74, 6) is 1.76. The van der Waals surface area contributed by atoms with Crippen molar-refractivity contribution in [3.8, 4) is 11.5 Å². The Morgan fingerprint density at radius 3 is 1.81 bits per heavy atom. The van der Waals surface area contributed by atoms with Crippen LogP contribution in [-0.4, -0.2) is 5.11 Å². The van der Waals surface area contributed by atoms with Gasteiger partial charge in [0.05, 0.1) is 23.4 Å². The smallest absolute Gasteiger partial charge is 0.181 e. The van der Waals surface area contributed by atoms with Gasteiger partial charge in [0.25, 0.3) is 0 Å². The van der Waals surface area contributed by atoms with E-state index >= 15 is 0 Å². The van der Waals surface area contributed by atoms with Crippen molar-refractivity contribution in [3.63, 3.8) is 0 Å². The number of fused-ring (bicyclic) bond motifs is 9. The van der Waals surface area contributed by atoms with Gasteiger partial charge in [0.2, 0.25) is 0 Å². The highest BCUT2D eigenvalue weighted by atomic mass is 16.6. The van der Waals surface area contributed by atoms with Crippen molar-refractivity contribution in [1.29, 1.82) is 0 Å². The molecule has 3 heterocycles. The van der Waals surface area contributed by atoms with Crippen LogP contribution in [0.5, 0.6) is 11.5 Å². The van der Waals surface area contributed by atoms with Crippen LogP contribution in [-0.2, 0) is 16.8 Å². The molecule has 3 aliphatic heterocycles. The van der Waals surface area contributed by atoms with Crippen LogP contribution in [0.2, 0.25) is 0 Å². The second kappa shape index (κ2) is 7.56. The minimum absolute atomic E-state index is 0.406. The molecule has 1 N–H and O–H groups in total. The predicted octanol–water partition coefficient (Wildman–Crippen LogP) is 7.48. The number of aliphatic hydroxyl groups excluding tert-OH is 1. The molecule has 4 nitrogen and oxygen atoms in total. The molecule has 3 aliphatic rings. The fraction of sp³-hybridized carbons (Fsp3) is 0.0909. The fourth-order valence-corrected chi connectivity index (χ4v) is 6.45. The Morgan fingerprint density at radius 2 is 1.19 bits per heavy atom.